The number of halogens is 1. The second kappa shape index (κ2) is 6.77. The number of amides is 1. The summed E-state index contributed by atoms with van der Waals surface area (Å²) in [4.78, 5) is 18.7. The van der Waals surface area contributed by atoms with Gasteiger partial charge in [-0.3, -0.25) is 9.78 Å². The van der Waals surface area contributed by atoms with E-state index in [4.69, 9.17) is 16.3 Å². The van der Waals surface area contributed by atoms with Crippen LogP contribution in [0.4, 0.5) is 11.4 Å². The first kappa shape index (κ1) is 14.8. The van der Waals surface area contributed by atoms with Crippen LogP contribution in [0.15, 0.2) is 42.6 Å². The number of rotatable bonds is 3. The highest BCUT2D eigenvalue weighted by Crippen LogP contribution is 2.22. The largest absolute Gasteiger partial charge is 0.378 e. The van der Waals surface area contributed by atoms with Gasteiger partial charge < -0.3 is 15.0 Å². The van der Waals surface area contributed by atoms with Crippen molar-refractivity contribution >= 4 is 28.9 Å². The molecule has 6 heteroatoms. The Morgan fingerprint density at radius 1 is 1.23 bits per heavy atom. The number of pyridine rings is 1. The summed E-state index contributed by atoms with van der Waals surface area (Å²) in [6.07, 6.45) is 1.65. The molecule has 0 radical (unpaired) electrons. The number of nitrogens with zero attached hydrogens (tertiary/aromatic N) is 2. The SMILES string of the molecule is O=C(Nc1ccccc1Cl)c1cc(N2CCOCC2)ccn1. The van der Waals surface area contributed by atoms with Gasteiger partial charge in [0.1, 0.15) is 5.69 Å². The third-order valence-corrected chi connectivity index (χ3v) is 3.80. The van der Waals surface area contributed by atoms with E-state index in [0.29, 0.717) is 29.6 Å². The zero-order chi connectivity index (χ0) is 15.4. The van der Waals surface area contributed by atoms with Crippen molar-refractivity contribution in [1.29, 1.82) is 0 Å². The molecule has 0 unspecified atom stereocenters. The molecular formula is C16H16ClN3O2. The van der Waals surface area contributed by atoms with Crippen molar-refractivity contribution in [2.45, 2.75) is 0 Å². The van der Waals surface area contributed by atoms with E-state index < -0.39 is 0 Å². The lowest BCUT2D eigenvalue weighted by atomic mass is 10.2. The minimum absolute atomic E-state index is 0.275. The second-order valence-electron chi connectivity index (χ2n) is 4.93. The van der Waals surface area contributed by atoms with E-state index in [1.807, 2.05) is 18.2 Å². The van der Waals surface area contributed by atoms with E-state index in [9.17, 15) is 4.79 Å². The van der Waals surface area contributed by atoms with E-state index in [1.54, 1.807) is 24.4 Å². The van der Waals surface area contributed by atoms with Crippen molar-refractivity contribution in [3.05, 3.63) is 53.3 Å². The van der Waals surface area contributed by atoms with Crippen LogP contribution in [0.5, 0.6) is 0 Å². The number of carbonyl (C=O) groups is 1. The van der Waals surface area contributed by atoms with Crippen LogP contribution >= 0.6 is 11.6 Å². The molecule has 0 aliphatic carbocycles. The highest BCUT2D eigenvalue weighted by Gasteiger charge is 2.15. The average Bonchev–Trinajstić information content (AvgIpc) is 2.58. The van der Waals surface area contributed by atoms with Gasteiger partial charge in [0.05, 0.1) is 23.9 Å². The Balaban J connectivity index is 1.76. The zero-order valence-corrected chi connectivity index (χ0v) is 12.7. The van der Waals surface area contributed by atoms with Crippen molar-refractivity contribution in [3.8, 4) is 0 Å². The lowest BCUT2D eigenvalue weighted by molar-refractivity contribution is 0.102. The van der Waals surface area contributed by atoms with Gasteiger partial charge in [-0.1, -0.05) is 23.7 Å². The van der Waals surface area contributed by atoms with E-state index in [1.165, 1.54) is 0 Å². The fraction of sp³-hybridized carbons (Fsp3) is 0.250. The number of para-hydroxylation sites is 1. The van der Waals surface area contributed by atoms with Crippen molar-refractivity contribution in [2.75, 3.05) is 36.5 Å². The maximum Gasteiger partial charge on any atom is 0.274 e. The maximum absolute atomic E-state index is 12.3. The van der Waals surface area contributed by atoms with Crippen molar-refractivity contribution in [1.82, 2.24) is 4.98 Å². The summed E-state index contributed by atoms with van der Waals surface area (Å²) in [6, 6.07) is 10.8. The number of ether oxygens (including phenoxy) is 1. The van der Waals surface area contributed by atoms with Gasteiger partial charge in [-0.2, -0.15) is 0 Å². The van der Waals surface area contributed by atoms with Gasteiger partial charge in [0.2, 0.25) is 0 Å². The predicted molar refractivity (Wildman–Crippen MR) is 86.7 cm³/mol. The second-order valence-corrected chi connectivity index (χ2v) is 5.34. The van der Waals surface area contributed by atoms with Gasteiger partial charge in [0.15, 0.2) is 0 Å². The van der Waals surface area contributed by atoms with Gasteiger partial charge in [0, 0.05) is 25.0 Å². The Bertz CT molecular complexity index is 672. The predicted octanol–water partition coefficient (Wildman–Crippen LogP) is 2.82. The van der Waals surface area contributed by atoms with Gasteiger partial charge in [-0.05, 0) is 24.3 Å². The number of morpholine rings is 1. The lowest BCUT2D eigenvalue weighted by Crippen LogP contribution is -2.36. The van der Waals surface area contributed by atoms with Crippen LogP contribution in [0.2, 0.25) is 5.02 Å². The molecule has 1 fully saturated rings. The van der Waals surface area contributed by atoms with E-state index in [2.05, 4.69) is 15.2 Å². The number of carbonyl (C=O) groups excluding carboxylic acids is 1. The summed E-state index contributed by atoms with van der Waals surface area (Å²) >= 11 is 6.05. The summed E-state index contributed by atoms with van der Waals surface area (Å²) in [7, 11) is 0. The van der Waals surface area contributed by atoms with Crippen LogP contribution in [-0.2, 0) is 4.74 Å². The van der Waals surface area contributed by atoms with Crippen LogP contribution in [0.25, 0.3) is 0 Å². The third kappa shape index (κ3) is 3.37. The molecule has 1 aromatic heterocycles. The lowest BCUT2D eigenvalue weighted by Gasteiger charge is -2.28. The van der Waals surface area contributed by atoms with Crippen LogP contribution in [0, 0.1) is 0 Å². The summed E-state index contributed by atoms with van der Waals surface area (Å²) in [5, 5.41) is 3.28. The molecule has 0 bridgehead atoms. The summed E-state index contributed by atoms with van der Waals surface area (Å²) in [6.45, 7) is 3.03. The molecule has 5 nitrogen and oxygen atoms in total. The first-order chi connectivity index (χ1) is 10.7. The first-order valence-electron chi connectivity index (χ1n) is 7.09. The fourth-order valence-corrected chi connectivity index (χ4v) is 2.49. The maximum atomic E-state index is 12.3. The minimum Gasteiger partial charge on any atom is -0.378 e. The smallest absolute Gasteiger partial charge is 0.274 e. The molecule has 114 valence electrons. The topological polar surface area (TPSA) is 54.5 Å². The average molecular weight is 318 g/mol. The number of nitrogens with one attached hydrogen (secondary N) is 1. The third-order valence-electron chi connectivity index (χ3n) is 3.47. The normalized spacial score (nSPS) is 14.7. The molecule has 1 amide bonds. The fourth-order valence-electron chi connectivity index (χ4n) is 2.31. The summed E-state index contributed by atoms with van der Waals surface area (Å²) < 4.78 is 5.34. The molecule has 22 heavy (non-hydrogen) atoms. The van der Waals surface area contributed by atoms with Crippen molar-refractivity contribution in [2.24, 2.45) is 0 Å². The van der Waals surface area contributed by atoms with Crippen LogP contribution in [0.3, 0.4) is 0 Å². The molecule has 3 rings (SSSR count). The quantitative estimate of drug-likeness (QED) is 0.946. The summed E-state index contributed by atoms with van der Waals surface area (Å²) in [5.41, 5.74) is 1.92. The van der Waals surface area contributed by atoms with Crippen LogP contribution < -0.4 is 10.2 Å². The van der Waals surface area contributed by atoms with E-state index in [0.717, 1.165) is 18.8 Å². The molecule has 1 N–H and O–H groups in total. The molecule has 2 heterocycles. The standard InChI is InChI=1S/C16H16ClN3O2/c17-13-3-1-2-4-14(13)19-16(21)15-11-12(5-6-18-15)20-7-9-22-10-8-20/h1-6,11H,7-10H2,(H,19,21). The first-order valence-corrected chi connectivity index (χ1v) is 7.46. The number of hydrogen-bond donors (Lipinski definition) is 1. The molecule has 1 aliphatic rings. The Labute approximate surface area is 133 Å². The minimum atomic E-state index is -0.275. The molecule has 1 aromatic carbocycles. The molecular weight excluding hydrogens is 302 g/mol. The zero-order valence-electron chi connectivity index (χ0n) is 12.0. The highest BCUT2D eigenvalue weighted by atomic mass is 35.5. The molecule has 0 spiro atoms. The van der Waals surface area contributed by atoms with Crippen LogP contribution in [-0.4, -0.2) is 37.2 Å². The van der Waals surface area contributed by atoms with Crippen molar-refractivity contribution < 1.29 is 9.53 Å². The molecule has 1 saturated heterocycles. The number of aromatic nitrogens is 1. The van der Waals surface area contributed by atoms with Crippen molar-refractivity contribution in [3.63, 3.8) is 0 Å². The number of benzene rings is 1. The molecule has 0 atom stereocenters. The molecule has 1 aliphatic heterocycles. The van der Waals surface area contributed by atoms with Gasteiger partial charge in [-0.25, -0.2) is 0 Å². The summed E-state index contributed by atoms with van der Waals surface area (Å²) in [5.74, 6) is -0.275. The Morgan fingerprint density at radius 3 is 2.77 bits per heavy atom. The highest BCUT2D eigenvalue weighted by molar-refractivity contribution is 6.33. The Kier molecular flexibility index (Phi) is 4.56. The van der Waals surface area contributed by atoms with Gasteiger partial charge >= 0.3 is 0 Å². The Hall–Kier alpha value is -2.11. The molecule has 0 saturated carbocycles. The van der Waals surface area contributed by atoms with Gasteiger partial charge in [0.25, 0.3) is 5.91 Å². The molecule has 2 aromatic rings. The van der Waals surface area contributed by atoms with E-state index >= 15 is 0 Å². The van der Waals surface area contributed by atoms with Gasteiger partial charge in [-0.15, -0.1) is 0 Å². The monoisotopic (exact) mass is 317 g/mol. The van der Waals surface area contributed by atoms with Crippen LogP contribution in [0.1, 0.15) is 10.5 Å². The number of hydrogen-bond acceptors (Lipinski definition) is 4. The Morgan fingerprint density at radius 2 is 2.00 bits per heavy atom. The number of anilines is 2. The van der Waals surface area contributed by atoms with E-state index in [-0.39, 0.29) is 5.91 Å².